The lowest BCUT2D eigenvalue weighted by Gasteiger charge is -2.22. The summed E-state index contributed by atoms with van der Waals surface area (Å²) in [6.07, 6.45) is 0.607. The molecular weight excluding hydrogens is 456 g/mol. The van der Waals surface area contributed by atoms with Crippen molar-refractivity contribution in [1.82, 2.24) is 10.6 Å². The zero-order valence-electron chi connectivity index (χ0n) is 20.4. The molecule has 0 aliphatic carbocycles. The fraction of sp³-hybridized carbons (Fsp3) is 0.276. The van der Waals surface area contributed by atoms with E-state index in [0.29, 0.717) is 12.8 Å². The molecule has 36 heavy (non-hydrogen) atoms. The smallest absolute Gasteiger partial charge is 0.408 e. The fourth-order valence-corrected chi connectivity index (χ4v) is 3.61. The molecule has 0 saturated heterocycles. The van der Waals surface area contributed by atoms with Gasteiger partial charge in [-0.3, -0.25) is 4.79 Å². The van der Waals surface area contributed by atoms with Crippen molar-refractivity contribution < 1.29 is 23.9 Å². The molecule has 0 aliphatic rings. The minimum atomic E-state index is -0.933. The minimum absolute atomic E-state index is 0.0800. The molecule has 2 atom stereocenters. The first-order valence-corrected chi connectivity index (χ1v) is 12.1. The fourth-order valence-electron chi connectivity index (χ4n) is 3.61. The van der Waals surface area contributed by atoms with Crippen LogP contribution in [0, 0.1) is 0 Å². The Morgan fingerprint density at radius 2 is 1.17 bits per heavy atom. The third kappa shape index (κ3) is 8.91. The number of nitrogens with one attached hydrogen (secondary N) is 2. The molecule has 0 saturated carbocycles. The Bertz CT molecular complexity index is 1090. The third-order valence-corrected chi connectivity index (χ3v) is 5.51. The third-order valence-electron chi connectivity index (χ3n) is 5.51. The van der Waals surface area contributed by atoms with Gasteiger partial charge in [0.2, 0.25) is 5.91 Å². The number of amides is 2. The zero-order valence-corrected chi connectivity index (χ0v) is 20.4. The lowest BCUT2D eigenvalue weighted by Crippen LogP contribution is -2.52. The molecule has 0 aromatic heterocycles. The molecule has 0 unspecified atom stereocenters. The van der Waals surface area contributed by atoms with Crippen LogP contribution in [-0.4, -0.2) is 30.1 Å². The van der Waals surface area contributed by atoms with Gasteiger partial charge in [0.05, 0.1) is 0 Å². The number of hydrogen-bond donors (Lipinski definition) is 2. The van der Waals surface area contributed by atoms with Gasteiger partial charge < -0.3 is 20.1 Å². The van der Waals surface area contributed by atoms with Crippen molar-refractivity contribution in [1.29, 1.82) is 0 Å². The maximum absolute atomic E-state index is 13.2. The quantitative estimate of drug-likeness (QED) is 0.365. The maximum Gasteiger partial charge on any atom is 0.408 e. The highest BCUT2D eigenvalue weighted by Crippen LogP contribution is 2.09. The lowest BCUT2D eigenvalue weighted by atomic mass is 10.0. The molecule has 188 valence electrons. The number of alkyl carbamates (subject to hydrolysis) is 1. The van der Waals surface area contributed by atoms with Crippen LogP contribution in [0.4, 0.5) is 4.79 Å². The van der Waals surface area contributed by atoms with Crippen molar-refractivity contribution in [2.24, 2.45) is 0 Å². The first kappa shape index (κ1) is 26.5. The Morgan fingerprint density at radius 1 is 0.667 bits per heavy atom. The second kappa shape index (κ2) is 14.3. The van der Waals surface area contributed by atoms with E-state index in [2.05, 4.69) is 10.6 Å². The highest BCUT2D eigenvalue weighted by molar-refractivity contribution is 5.89. The highest BCUT2D eigenvalue weighted by Gasteiger charge is 2.28. The Balaban J connectivity index is 1.64. The zero-order chi connectivity index (χ0) is 25.6. The van der Waals surface area contributed by atoms with Gasteiger partial charge in [-0.05, 0) is 23.1 Å². The molecule has 0 aliphatic heterocycles. The molecular formula is C29H32N2O5. The molecule has 3 aromatic carbocycles. The van der Waals surface area contributed by atoms with Gasteiger partial charge in [0.25, 0.3) is 0 Å². The number of carbonyl (C=O) groups excluding carboxylic acids is 3. The van der Waals surface area contributed by atoms with E-state index in [9.17, 15) is 14.4 Å². The molecule has 0 radical (unpaired) electrons. The van der Waals surface area contributed by atoms with E-state index in [1.165, 1.54) is 0 Å². The van der Waals surface area contributed by atoms with Crippen LogP contribution in [-0.2, 0) is 38.7 Å². The van der Waals surface area contributed by atoms with Gasteiger partial charge in [0, 0.05) is 6.42 Å². The van der Waals surface area contributed by atoms with E-state index in [0.717, 1.165) is 16.7 Å². The molecule has 0 bridgehead atoms. The van der Waals surface area contributed by atoms with Gasteiger partial charge >= 0.3 is 12.1 Å². The molecule has 0 fully saturated rings. The van der Waals surface area contributed by atoms with Crippen molar-refractivity contribution in [2.75, 3.05) is 0 Å². The van der Waals surface area contributed by atoms with E-state index in [4.69, 9.17) is 9.47 Å². The highest BCUT2D eigenvalue weighted by atomic mass is 16.5. The van der Waals surface area contributed by atoms with Gasteiger partial charge in [-0.2, -0.15) is 0 Å². The van der Waals surface area contributed by atoms with Crippen LogP contribution in [0.25, 0.3) is 0 Å². The van der Waals surface area contributed by atoms with Crippen LogP contribution >= 0.6 is 0 Å². The van der Waals surface area contributed by atoms with Crippen molar-refractivity contribution >= 4 is 18.0 Å². The molecule has 2 amide bonds. The topological polar surface area (TPSA) is 93.7 Å². The van der Waals surface area contributed by atoms with Crippen LogP contribution in [0.1, 0.15) is 36.5 Å². The summed E-state index contributed by atoms with van der Waals surface area (Å²) in [7, 11) is 0. The molecule has 0 heterocycles. The molecule has 2 N–H and O–H groups in total. The summed E-state index contributed by atoms with van der Waals surface area (Å²) in [5, 5.41) is 5.42. The summed E-state index contributed by atoms with van der Waals surface area (Å²) in [6, 6.07) is 26.2. The van der Waals surface area contributed by atoms with Crippen LogP contribution in [0.15, 0.2) is 91.0 Å². The van der Waals surface area contributed by atoms with E-state index in [1.54, 1.807) is 0 Å². The van der Waals surface area contributed by atoms with E-state index < -0.39 is 30.1 Å². The van der Waals surface area contributed by atoms with Crippen molar-refractivity contribution in [3.63, 3.8) is 0 Å². The first-order valence-electron chi connectivity index (χ1n) is 12.1. The second-order valence-electron chi connectivity index (χ2n) is 8.39. The van der Waals surface area contributed by atoms with Crippen LogP contribution in [0.5, 0.6) is 0 Å². The number of hydrogen-bond acceptors (Lipinski definition) is 5. The van der Waals surface area contributed by atoms with E-state index >= 15 is 0 Å². The van der Waals surface area contributed by atoms with Crippen molar-refractivity contribution in [3.05, 3.63) is 108 Å². The molecule has 0 spiro atoms. The summed E-state index contributed by atoms with van der Waals surface area (Å²) in [4.78, 5) is 38.5. The summed E-state index contributed by atoms with van der Waals surface area (Å²) in [5.74, 6) is -0.996. The number of benzene rings is 3. The number of esters is 1. The summed E-state index contributed by atoms with van der Waals surface area (Å²) in [6.45, 7) is 2.12. The summed E-state index contributed by atoms with van der Waals surface area (Å²) >= 11 is 0. The molecule has 3 rings (SSSR count). The number of ether oxygens (including phenoxy) is 2. The Morgan fingerprint density at radius 3 is 1.69 bits per heavy atom. The predicted molar refractivity (Wildman–Crippen MR) is 137 cm³/mol. The van der Waals surface area contributed by atoms with Crippen LogP contribution in [0.2, 0.25) is 0 Å². The van der Waals surface area contributed by atoms with E-state index in [-0.39, 0.29) is 19.6 Å². The molecule has 7 nitrogen and oxygen atoms in total. The Labute approximate surface area is 211 Å². The maximum atomic E-state index is 13.2. The van der Waals surface area contributed by atoms with Crippen molar-refractivity contribution in [2.45, 2.75) is 51.5 Å². The SMILES string of the molecule is CCC[C@H](NC(=O)[C@H](Cc1ccccc1)NC(=O)OCc1ccccc1)C(=O)OCc1ccccc1. The van der Waals surface area contributed by atoms with Crippen LogP contribution in [0.3, 0.4) is 0 Å². The average Bonchev–Trinajstić information content (AvgIpc) is 2.91. The Hall–Kier alpha value is -4.13. The summed E-state index contributed by atoms with van der Waals surface area (Å²) in [5.41, 5.74) is 2.55. The van der Waals surface area contributed by atoms with E-state index in [1.807, 2.05) is 97.9 Å². The first-order chi connectivity index (χ1) is 17.5. The second-order valence-corrected chi connectivity index (χ2v) is 8.39. The summed E-state index contributed by atoms with van der Waals surface area (Å²) < 4.78 is 10.8. The molecule has 7 heteroatoms. The minimum Gasteiger partial charge on any atom is -0.459 e. The number of rotatable bonds is 12. The number of carbonyl (C=O) groups is 3. The monoisotopic (exact) mass is 488 g/mol. The van der Waals surface area contributed by atoms with Gasteiger partial charge in [0.1, 0.15) is 25.3 Å². The lowest BCUT2D eigenvalue weighted by molar-refractivity contribution is -0.149. The van der Waals surface area contributed by atoms with Crippen molar-refractivity contribution in [3.8, 4) is 0 Å². The Kier molecular flexibility index (Phi) is 10.5. The van der Waals surface area contributed by atoms with Crippen LogP contribution < -0.4 is 10.6 Å². The molecule has 3 aromatic rings. The normalized spacial score (nSPS) is 12.1. The van der Waals surface area contributed by atoms with Gasteiger partial charge in [-0.25, -0.2) is 9.59 Å². The standard InChI is InChI=1S/C29H32N2O5/c1-2-12-25(28(33)35-20-23-15-8-4-9-16-23)30-27(32)26(19-22-13-6-3-7-14-22)31-29(34)36-21-24-17-10-5-11-18-24/h3-11,13-18,25-26H,2,12,19-21H2,1H3,(H,30,32)(H,31,34)/t25-,26-/m0/s1. The van der Waals surface area contributed by atoms with Gasteiger partial charge in [0.15, 0.2) is 0 Å². The predicted octanol–water partition coefficient (Wildman–Crippen LogP) is 4.55. The average molecular weight is 489 g/mol. The van der Waals surface area contributed by atoms with Gasteiger partial charge in [-0.1, -0.05) is 104 Å². The largest absolute Gasteiger partial charge is 0.459 e. The van der Waals surface area contributed by atoms with Gasteiger partial charge in [-0.15, -0.1) is 0 Å².